The minimum Gasteiger partial charge on any atom is -0.393 e. The molecule has 0 radical (unpaired) electrons. The molecular formula is C11H13ClN6. The number of hydrogen-bond donors (Lipinski definition) is 2. The Morgan fingerprint density at radius 3 is 2.61 bits per heavy atom. The first-order valence-corrected chi connectivity index (χ1v) is 5.62. The van der Waals surface area contributed by atoms with Crippen LogP contribution in [0.1, 0.15) is 0 Å². The number of hydrogen-bond acceptors (Lipinski definition) is 6. The Bertz CT molecular complexity index is 540. The van der Waals surface area contributed by atoms with Gasteiger partial charge in [-0.2, -0.15) is 0 Å². The van der Waals surface area contributed by atoms with Crippen LogP contribution in [0.2, 0.25) is 5.02 Å². The van der Waals surface area contributed by atoms with Gasteiger partial charge >= 0.3 is 0 Å². The molecule has 0 atom stereocenters. The largest absolute Gasteiger partial charge is 0.393 e. The zero-order chi connectivity index (χ0) is 13.1. The lowest BCUT2D eigenvalue weighted by molar-refractivity contribution is 1.04. The Morgan fingerprint density at radius 2 is 2.00 bits per heavy atom. The zero-order valence-corrected chi connectivity index (χ0v) is 10.8. The molecule has 0 amide bonds. The number of aromatic nitrogens is 3. The van der Waals surface area contributed by atoms with E-state index in [1.54, 1.807) is 18.3 Å². The number of halogens is 1. The van der Waals surface area contributed by atoms with E-state index in [0.29, 0.717) is 28.2 Å². The van der Waals surface area contributed by atoms with E-state index in [4.69, 9.17) is 17.3 Å². The highest BCUT2D eigenvalue weighted by Crippen LogP contribution is 2.26. The number of nitrogens with two attached hydrogens (primary N) is 1. The lowest BCUT2D eigenvalue weighted by Crippen LogP contribution is -2.14. The first kappa shape index (κ1) is 12.4. The molecular weight excluding hydrogens is 252 g/mol. The van der Waals surface area contributed by atoms with Crippen molar-refractivity contribution in [2.45, 2.75) is 0 Å². The van der Waals surface area contributed by atoms with Crippen molar-refractivity contribution in [1.82, 2.24) is 15.0 Å². The van der Waals surface area contributed by atoms with E-state index in [9.17, 15) is 0 Å². The lowest BCUT2D eigenvalue weighted by Gasteiger charge is -2.15. The molecule has 3 N–H and O–H groups in total. The molecule has 0 aliphatic rings. The van der Waals surface area contributed by atoms with Gasteiger partial charge in [-0.1, -0.05) is 11.6 Å². The van der Waals surface area contributed by atoms with Gasteiger partial charge in [-0.25, -0.2) is 15.0 Å². The third-order valence-electron chi connectivity index (χ3n) is 2.26. The van der Waals surface area contributed by atoms with Crippen LogP contribution in [0.5, 0.6) is 0 Å². The molecule has 18 heavy (non-hydrogen) atoms. The monoisotopic (exact) mass is 264 g/mol. The summed E-state index contributed by atoms with van der Waals surface area (Å²) in [5.74, 6) is 1.79. The molecule has 0 aliphatic heterocycles. The number of rotatable bonds is 3. The first-order chi connectivity index (χ1) is 8.58. The van der Waals surface area contributed by atoms with Crippen molar-refractivity contribution in [3.63, 3.8) is 0 Å². The van der Waals surface area contributed by atoms with Gasteiger partial charge in [-0.3, -0.25) is 0 Å². The van der Waals surface area contributed by atoms with Crippen molar-refractivity contribution in [1.29, 1.82) is 0 Å². The molecule has 0 aliphatic carbocycles. The SMILES string of the molecule is CN(C)c1ncnc(Nc2ccc(Cl)cn2)c1N. The Balaban J connectivity index is 2.29. The summed E-state index contributed by atoms with van der Waals surface area (Å²) < 4.78 is 0. The second-order valence-electron chi connectivity index (χ2n) is 3.84. The van der Waals surface area contributed by atoms with Gasteiger partial charge in [0.25, 0.3) is 0 Å². The predicted molar refractivity (Wildman–Crippen MR) is 73.3 cm³/mol. The molecule has 2 heterocycles. The Hall–Kier alpha value is -2.08. The number of pyridine rings is 1. The summed E-state index contributed by atoms with van der Waals surface area (Å²) >= 11 is 5.77. The quantitative estimate of drug-likeness (QED) is 0.882. The van der Waals surface area contributed by atoms with Gasteiger partial charge in [-0.15, -0.1) is 0 Å². The standard InChI is InChI=1S/C11H13ClN6/c1-18(2)11-9(13)10(15-6-16-11)17-8-4-3-7(12)5-14-8/h3-6H,13H2,1-2H3,(H,14,15,16,17). The normalized spacial score (nSPS) is 10.2. The maximum atomic E-state index is 5.98. The summed E-state index contributed by atoms with van der Waals surface area (Å²) in [4.78, 5) is 14.1. The number of nitrogens with one attached hydrogen (secondary N) is 1. The molecule has 0 unspecified atom stereocenters. The average molecular weight is 265 g/mol. The number of nitrogen functional groups attached to an aromatic ring is 1. The van der Waals surface area contributed by atoms with Crippen LogP contribution in [-0.2, 0) is 0 Å². The lowest BCUT2D eigenvalue weighted by atomic mass is 10.4. The minimum atomic E-state index is 0.472. The molecule has 0 saturated heterocycles. The maximum Gasteiger partial charge on any atom is 0.160 e. The van der Waals surface area contributed by atoms with Crippen molar-refractivity contribution in [3.05, 3.63) is 29.7 Å². The van der Waals surface area contributed by atoms with E-state index >= 15 is 0 Å². The fourth-order valence-corrected chi connectivity index (χ4v) is 1.53. The number of anilines is 4. The van der Waals surface area contributed by atoms with Gasteiger partial charge in [0.2, 0.25) is 0 Å². The molecule has 0 saturated carbocycles. The van der Waals surface area contributed by atoms with Crippen molar-refractivity contribution in [2.75, 3.05) is 30.0 Å². The van der Waals surface area contributed by atoms with Gasteiger partial charge in [0.15, 0.2) is 11.6 Å². The molecule has 0 bridgehead atoms. The summed E-state index contributed by atoms with van der Waals surface area (Å²) in [5, 5.41) is 3.60. The fourth-order valence-electron chi connectivity index (χ4n) is 1.41. The second-order valence-corrected chi connectivity index (χ2v) is 4.28. The smallest absolute Gasteiger partial charge is 0.160 e. The topological polar surface area (TPSA) is 80.0 Å². The van der Waals surface area contributed by atoms with Crippen LogP contribution in [0.4, 0.5) is 23.1 Å². The highest BCUT2D eigenvalue weighted by Gasteiger charge is 2.09. The van der Waals surface area contributed by atoms with Crippen molar-refractivity contribution < 1.29 is 0 Å². The molecule has 94 valence electrons. The van der Waals surface area contributed by atoms with Crippen LogP contribution in [-0.4, -0.2) is 29.0 Å². The van der Waals surface area contributed by atoms with E-state index < -0.39 is 0 Å². The van der Waals surface area contributed by atoms with E-state index in [1.807, 2.05) is 19.0 Å². The highest BCUT2D eigenvalue weighted by atomic mass is 35.5. The molecule has 7 heteroatoms. The minimum absolute atomic E-state index is 0.472. The van der Waals surface area contributed by atoms with Crippen LogP contribution >= 0.6 is 11.6 Å². The van der Waals surface area contributed by atoms with E-state index in [0.717, 1.165) is 0 Å². The van der Waals surface area contributed by atoms with Gasteiger partial charge in [0, 0.05) is 20.3 Å². The van der Waals surface area contributed by atoms with Gasteiger partial charge < -0.3 is 16.0 Å². The van der Waals surface area contributed by atoms with Crippen LogP contribution in [0.3, 0.4) is 0 Å². The zero-order valence-electron chi connectivity index (χ0n) is 10.1. The van der Waals surface area contributed by atoms with E-state index in [-0.39, 0.29) is 0 Å². The van der Waals surface area contributed by atoms with E-state index in [1.165, 1.54) is 6.33 Å². The average Bonchev–Trinajstić information content (AvgIpc) is 2.34. The summed E-state index contributed by atoms with van der Waals surface area (Å²) in [6.45, 7) is 0. The molecule has 0 fully saturated rings. The highest BCUT2D eigenvalue weighted by molar-refractivity contribution is 6.30. The molecule has 2 aromatic rings. The van der Waals surface area contributed by atoms with Crippen molar-refractivity contribution >= 4 is 34.7 Å². The molecule has 2 rings (SSSR count). The molecule has 0 spiro atoms. The van der Waals surface area contributed by atoms with Crippen LogP contribution in [0.15, 0.2) is 24.7 Å². The predicted octanol–water partition coefficient (Wildman–Crippen LogP) is 1.92. The molecule has 6 nitrogen and oxygen atoms in total. The summed E-state index contributed by atoms with van der Waals surface area (Å²) in [7, 11) is 3.73. The van der Waals surface area contributed by atoms with Crippen LogP contribution in [0.25, 0.3) is 0 Å². The summed E-state index contributed by atoms with van der Waals surface area (Å²) in [6, 6.07) is 3.49. The second kappa shape index (κ2) is 5.05. The Kier molecular flexibility index (Phi) is 3.47. The Morgan fingerprint density at radius 1 is 1.22 bits per heavy atom. The van der Waals surface area contributed by atoms with Gasteiger partial charge in [-0.05, 0) is 12.1 Å². The van der Waals surface area contributed by atoms with Crippen molar-refractivity contribution in [3.8, 4) is 0 Å². The molecule has 0 aromatic carbocycles. The first-order valence-electron chi connectivity index (χ1n) is 5.24. The Labute approximate surface area is 110 Å². The van der Waals surface area contributed by atoms with E-state index in [2.05, 4.69) is 20.3 Å². The molecule has 2 aromatic heterocycles. The third kappa shape index (κ3) is 2.60. The number of nitrogens with zero attached hydrogens (tertiary/aromatic N) is 4. The van der Waals surface area contributed by atoms with Crippen LogP contribution in [0, 0.1) is 0 Å². The van der Waals surface area contributed by atoms with Gasteiger partial charge in [0.05, 0.1) is 5.02 Å². The summed E-state index contributed by atoms with van der Waals surface area (Å²) in [5.41, 5.74) is 6.45. The fraction of sp³-hybridized carbons (Fsp3) is 0.182. The third-order valence-corrected chi connectivity index (χ3v) is 2.48. The summed E-state index contributed by atoms with van der Waals surface area (Å²) in [6.07, 6.45) is 3.00. The maximum absolute atomic E-state index is 5.98. The van der Waals surface area contributed by atoms with Gasteiger partial charge in [0.1, 0.15) is 17.8 Å². The van der Waals surface area contributed by atoms with Crippen LogP contribution < -0.4 is 16.0 Å². The van der Waals surface area contributed by atoms with Crippen molar-refractivity contribution in [2.24, 2.45) is 0 Å².